The predicted octanol–water partition coefficient (Wildman–Crippen LogP) is 4.13. The summed E-state index contributed by atoms with van der Waals surface area (Å²) < 4.78 is 2.20. The topological polar surface area (TPSA) is 79.7 Å². The molecule has 0 unspecified atom stereocenters. The van der Waals surface area contributed by atoms with Crippen LogP contribution in [-0.2, 0) is 18.8 Å². The molecule has 3 aromatic heterocycles. The number of benzene rings is 1. The SMILES string of the molecule is Cc1sc2nc(CSc3nnc(CN4CCCC4)n3Cc3ccccc3)[nH]c(=O)c2c1C. The van der Waals surface area contributed by atoms with Crippen LogP contribution >= 0.6 is 23.1 Å². The quantitative estimate of drug-likeness (QED) is 0.413. The molecule has 7 nitrogen and oxygen atoms in total. The molecule has 4 heterocycles. The second kappa shape index (κ2) is 9.17. The fraction of sp³-hybridized carbons (Fsp3) is 0.391. The number of aryl methyl sites for hydroxylation is 2. The summed E-state index contributed by atoms with van der Waals surface area (Å²) in [5.74, 6) is 2.20. The molecule has 9 heteroatoms. The Hall–Kier alpha value is -2.49. The Morgan fingerprint density at radius 2 is 1.88 bits per heavy atom. The number of thiophene rings is 1. The van der Waals surface area contributed by atoms with Gasteiger partial charge in [-0.3, -0.25) is 9.69 Å². The summed E-state index contributed by atoms with van der Waals surface area (Å²) in [7, 11) is 0. The molecule has 32 heavy (non-hydrogen) atoms. The maximum absolute atomic E-state index is 12.6. The van der Waals surface area contributed by atoms with E-state index in [4.69, 9.17) is 4.98 Å². The Bertz CT molecular complexity index is 1290. The van der Waals surface area contributed by atoms with Crippen LogP contribution in [0.4, 0.5) is 0 Å². The van der Waals surface area contributed by atoms with Gasteiger partial charge in [-0.15, -0.1) is 21.5 Å². The molecule has 166 valence electrons. The van der Waals surface area contributed by atoms with Crippen LogP contribution in [0.2, 0.25) is 0 Å². The number of hydrogen-bond donors (Lipinski definition) is 1. The molecule has 4 aromatic rings. The smallest absolute Gasteiger partial charge is 0.259 e. The number of thioether (sulfide) groups is 1. The molecule has 0 saturated carbocycles. The van der Waals surface area contributed by atoms with Crippen molar-refractivity contribution in [2.75, 3.05) is 13.1 Å². The molecule has 0 spiro atoms. The average Bonchev–Trinajstić information content (AvgIpc) is 3.49. The third kappa shape index (κ3) is 4.37. The van der Waals surface area contributed by atoms with Crippen molar-refractivity contribution >= 4 is 33.3 Å². The van der Waals surface area contributed by atoms with Crippen LogP contribution in [0, 0.1) is 13.8 Å². The van der Waals surface area contributed by atoms with Gasteiger partial charge < -0.3 is 9.55 Å². The highest BCUT2D eigenvalue weighted by molar-refractivity contribution is 7.98. The molecule has 0 bridgehead atoms. The van der Waals surface area contributed by atoms with E-state index in [-0.39, 0.29) is 5.56 Å². The van der Waals surface area contributed by atoms with Gasteiger partial charge in [-0.05, 0) is 50.9 Å². The maximum Gasteiger partial charge on any atom is 0.259 e. The van der Waals surface area contributed by atoms with Crippen molar-refractivity contribution in [3.63, 3.8) is 0 Å². The van der Waals surface area contributed by atoms with Crippen LogP contribution in [0.15, 0.2) is 40.3 Å². The lowest BCUT2D eigenvalue weighted by Gasteiger charge is -2.16. The Morgan fingerprint density at radius 3 is 2.66 bits per heavy atom. The third-order valence-electron chi connectivity index (χ3n) is 5.97. The standard InChI is InChI=1S/C23H26N6OS2/c1-15-16(2)32-22-20(15)21(30)24-18(25-22)14-31-23-27-26-19(13-28-10-6-7-11-28)29(23)12-17-8-4-3-5-9-17/h3-5,8-9H,6-7,10-14H2,1-2H3,(H,24,25,30). The number of aromatic nitrogens is 5. The molecule has 1 saturated heterocycles. The van der Waals surface area contributed by atoms with Crippen LogP contribution in [0.25, 0.3) is 10.2 Å². The number of likely N-dealkylation sites (tertiary alicyclic amines) is 1. The molecule has 1 fully saturated rings. The fourth-order valence-corrected chi connectivity index (χ4v) is 5.98. The number of H-pyrrole nitrogens is 1. The molecular weight excluding hydrogens is 440 g/mol. The number of nitrogens with zero attached hydrogens (tertiary/aromatic N) is 5. The van der Waals surface area contributed by atoms with E-state index in [0.717, 1.165) is 52.4 Å². The molecule has 1 aliphatic rings. The van der Waals surface area contributed by atoms with Gasteiger partial charge in [0, 0.05) is 4.88 Å². The lowest BCUT2D eigenvalue weighted by Crippen LogP contribution is -2.21. The van der Waals surface area contributed by atoms with Gasteiger partial charge in [0.2, 0.25) is 0 Å². The molecule has 0 amide bonds. The van der Waals surface area contributed by atoms with E-state index in [0.29, 0.717) is 17.0 Å². The number of nitrogens with one attached hydrogen (secondary N) is 1. The Morgan fingerprint density at radius 1 is 1.09 bits per heavy atom. The third-order valence-corrected chi connectivity index (χ3v) is 8.05. The Kier molecular flexibility index (Phi) is 6.12. The first kappa shape index (κ1) is 21.4. The molecule has 1 N–H and O–H groups in total. The molecule has 0 atom stereocenters. The zero-order valence-corrected chi connectivity index (χ0v) is 19.9. The molecule has 1 aliphatic heterocycles. The van der Waals surface area contributed by atoms with Crippen LogP contribution in [0.1, 0.15) is 40.5 Å². The summed E-state index contributed by atoms with van der Waals surface area (Å²) in [5, 5.41) is 10.6. The van der Waals surface area contributed by atoms with Gasteiger partial charge in [-0.25, -0.2) is 4.98 Å². The highest BCUT2D eigenvalue weighted by atomic mass is 32.2. The van der Waals surface area contributed by atoms with Crippen molar-refractivity contribution < 1.29 is 0 Å². The second-order valence-electron chi connectivity index (χ2n) is 8.22. The minimum Gasteiger partial charge on any atom is -0.309 e. The highest BCUT2D eigenvalue weighted by Gasteiger charge is 2.19. The Balaban J connectivity index is 1.40. The lowest BCUT2D eigenvalue weighted by molar-refractivity contribution is 0.316. The summed E-state index contributed by atoms with van der Waals surface area (Å²) in [4.78, 5) is 24.7. The number of fused-ring (bicyclic) bond motifs is 1. The minimum atomic E-state index is -0.0621. The molecule has 1 aromatic carbocycles. The number of aromatic amines is 1. The van der Waals surface area contributed by atoms with Crippen molar-refractivity contribution in [3.05, 3.63) is 68.3 Å². The Labute approximate surface area is 194 Å². The molecule has 0 aliphatic carbocycles. The molecule has 5 rings (SSSR count). The van der Waals surface area contributed by atoms with E-state index < -0.39 is 0 Å². The maximum atomic E-state index is 12.6. The lowest BCUT2D eigenvalue weighted by atomic mass is 10.2. The summed E-state index contributed by atoms with van der Waals surface area (Å²) in [6.45, 7) is 7.79. The van der Waals surface area contributed by atoms with E-state index in [1.807, 2.05) is 19.9 Å². The first-order valence-corrected chi connectivity index (χ1v) is 12.7. The van der Waals surface area contributed by atoms with Crippen LogP contribution in [-0.4, -0.2) is 42.7 Å². The first-order chi connectivity index (χ1) is 15.6. The van der Waals surface area contributed by atoms with Crippen molar-refractivity contribution in [3.8, 4) is 0 Å². The van der Waals surface area contributed by atoms with Crippen LogP contribution < -0.4 is 5.56 Å². The summed E-state index contributed by atoms with van der Waals surface area (Å²) in [6.07, 6.45) is 2.50. The van der Waals surface area contributed by atoms with Gasteiger partial charge in [-0.1, -0.05) is 42.1 Å². The first-order valence-electron chi connectivity index (χ1n) is 10.9. The minimum absolute atomic E-state index is 0.0621. The van der Waals surface area contributed by atoms with E-state index >= 15 is 0 Å². The zero-order chi connectivity index (χ0) is 22.1. The molecule has 0 radical (unpaired) electrons. The average molecular weight is 467 g/mol. The normalized spacial score (nSPS) is 14.6. The predicted molar refractivity (Wildman–Crippen MR) is 129 cm³/mol. The van der Waals surface area contributed by atoms with E-state index in [2.05, 4.69) is 48.9 Å². The summed E-state index contributed by atoms with van der Waals surface area (Å²) >= 11 is 3.15. The van der Waals surface area contributed by atoms with Gasteiger partial charge in [0.05, 0.1) is 24.2 Å². The van der Waals surface area contributed by atoms with Crippen molar-refractivity contribution in [2.45, 2.75) is 50.7 Å². The largest absolute Gasteiger partial charge is 0.309 e. The van der Waals surface area contributed by atoms with E-state index in [1.165, 1.54) is 18.4 Å². The number of rotatable bonds is 7. The van der Waals surface area contributed by atoms with Gasteiger partial charge in [0.1, 0.15) is 16.5 Å². The van der Waals surface area contributed by atoms with Gasteiger partial charge in [0.25, 0.3) is 5.56 Å². The zero-order valence-electron chi connectivity index (χ0n) is 18.3. The summed E-state index contributed by atoms with van der Waals surface area (Å²) in [6, 6.07) is 10.4. The summed E-state index contributed by atoms with van der Waals surface area (Å²) in [5.41, 5.74) is 2.18. The van der Waals surface area contributed by atoms with Gasteiger partial charge in [-0.2, -0.15) is 0 Å². The monoisotopic (exact) mass is 466 g/mol. The number of hydrogen-bond acceptors (Lipinski definition) is 7. The fourth-order valence-electron chi connectivity index (χ4n) is 4.11. The van der Waals surface area contributed by atoms with Gasteiger partial charge >= 0.3 is 0 Å². The van der Waals surface area contributed by atoms with Crippen LogP contribution in [0.3, 0.4) is 0 Å². The second-order valence-corrected chi connectivity index (χ2v) is 10.4. The highest BCUT2D eigenvalue weighted by Crippen LogP contribution is 2.27. The van der Waals surface area contributed by atoms with Crippen LogP contribution in [0.5, 0.6) is 0 Å². The van der Waals surface area contributed by atoms with Gasteiger partial charge in [0.15, 0.2) is 5.16 Å². The van der Waals surface area contributed by atoms with E-state index in [1.54, 1.807) is 23.1 Å². The van der Waals surface area contributed by atoms with E-state index in [9.17, 15) is 4.79 Å². The van der Waals surface area contributed by atoms with Crippen molar-refractivity contribution in [2.24, 2.45) is 0 Å². The molecular formula is C23H26N6OS2. The van der Waals surface area contributed by atoms with Crippen molar-refractivity contribution in [1.82, 2.24) is 29.6 Å². The van der Waals surface area contributed by atoms with Crippen molar-refractivity contribution in [1.29, 1.82) is 0 Å².